The van der Waals surface area contributed by atoms with E-state index >= 15 is 0 Å². The highest BCUT2D eigenvalue weighted by molar-refractivity contribution is 6.31. The Hall–Kier alpha value is -4.22. The fourth-order valence-electron chi connectivity index (χ4n) is 4.39. The maximum Gasteiger partial charge on any atom is 0.255 e. The number of ether oxygens (including phenoxy) is 1. The fraction of sp³-hybridized carbons (Fsp3) is 0.100. The standard InChI is InChI=1S/C30H23ClN2O3/c1-3-36-23-12-9-20-15-21(30(35)33-26(20)17-23)10-14-27(34)28-18(2)32-25-13-11-22(31)16-24(25)29(28)19-7-5-4-6-8-19/h4-17H,3H2,1-2H3,(H,33,35)/b14-10-. The summed E-state index contributed by atoms with van der Waals surface area (Å²) in [6.07, 6.45) is 2.98. The molecule has 0 saturated heterocycles. The van der Waals surface area contributed by atoms with Crippen molar-refractivity contribution in [1.82, 2.24) is 9.97 Å². The number of pyridine rings is 2. The summed E-state index contributed by atoms with van der Waals surface area (Å²) < 4.78 is 5.51. The van der Waals surface area contributed by atoms with E-state index in [4.69, 9.17) is 16.3 Å². The minimum absolute atomic E-state index is 0.244. The number of nitrogens with one attached hydrogen (secondary N) is 1. The lowest BCUT2D eigenvalue weighted by Gasteiger charge is -2.14. The summed E-state index contributed by atoms with van der Waals surface area (Å²) in [5, 5.41) is 2.20. The number of allylic oxidation sites excluding steroid dienone is 1. The molecule has 0 aliphatic rings. The number of H-pyrrole nitrogens is 1. The van der Waals surface area contributed by atoms with Gasteiger partial charge in [0.05, 0.1) is 23.2 Å². The molecule has 2 heterocycles. The van der Waals surface area contributed by atoms with Crippen molar-refractivity contribution < 1.29 is 9.53 Å². The molecule has 0 amide bonds. The van der Waals surface area contributed by atoms with E-state index in [0.717, 1.165) is 27.4 Å². The third-order valence-corrected chi connectivity index (χ3v) is 6.24. The topological polar surface area (TPSA) is 72.0 Å². The molecule has 5 rings (SSSR count). The molecule has 0 radical (unpaired) electrons. The van der Waals surface area contributed by atoms with Crippen LogP contribution in [-0.2, 0) is 0 Å². The van der Waals surface area contributed by atoms with Crippen molar-refractivity contribution in [2.75, 3.05) is 6.61 Å². The molecule has 36 heavy (non-hydrogen) atoms. The highest BCUT2D eigenvalue weighted by atomic mass is 35.5. The number of carbonyl (C=O) groups is 1. The SMILES string of the molecule is CCOc1ccc2cc(/C=C\C(=O)c3c(C)nc4ccc(Cl)cc4c3-c3ccccc3)c(=O)[nH]c2c1. The molecule has 5 nitrogen and oxygen atoms in total. The molecular weight excluding hydrogens is 472 g/mol. The number of carbonyl (C=O) groups excluding carboxylic acids is 1. The molecule has 2 aromatic heterocycles. The minimum Gasteiger partial charge on any atom is -0.494 e. The normalized spacial score (nSPS) is 11.4. The van der Waals surface area contributed by atoms with Crippen LogP contribution in [0.15, 0.2) is 83.7 Å². The molecule has 1 N–H and O–H groups in total. The van der Waals surface area contributed by atoms with Gasteiger partial charge in [0.15, 0.2) is 5.78 Å². The number of aryl methyl sites for hydroxylation is 1. The number of aromatic nitrogens is 2. The van der Waals surface area contributed by atoms with Gasteiger partial charge in [0.1, 0.15) is 5.75 Å². The van der Waals surface area contributed by atoms with E-state index in [1.165, 1.54) is 6.08 Å². The zero-order valence-corrected chi connectivity index (χ0v) is 20.6. The average Bonchev–Trinajstić information content (AvgIpc) is 2.87. The predicted octanol–water partition coefficient (Wildman–Crippen LogP) is 7.00. The molecule has 0 aliphatic heterocycles. The van der Waals surface area contributed by atoms with E-state index in [1.807, 2.05) is 68.4 Å². The van der Waals surface area contributed by atoms with Gasteiger partial charge in [-0.2, -0.15) is 0 Å². The van der Waals surface area contributed by atoms with Crippen LogP contribution in [0.3, 0.4) is 0 Å². The summed E-state index contributed by atoms with van der Waals surface area (Å²) >= 11 is 6.31. The van der Waals surface area contributed by atoms with Crippen LogP contribution in [0.25, 0.3) is 39.0 Å². The number of hydrogen-bond donors (Lipinski definition) is 1. The molecule has 0 unspecified atom stereocenters. The van der Waals surface area contributed by atoms with Gasteiger partial charge in [-0.15, -0.1) is 0 Å². The predicted molar refractivity (Wildman–Crippen MR) is 146 cm³/mol. The number of benzene rings is 3. The lowest BCUT2D eigenvalue weighted by Crippen LogP contribution is -2.10. The third-order valence-electron chi connectivity index (χ3n) is 6.01. The Balaban J connectivity index is 1.60. The molecule has 6 heteroatoms. The number of fused-ring (bicyclic) bond motifs is 2. The van der Waals surface area contributed by atoms with Gasteiger partial charge in [-0.3, -0.25) is 14.6 Å². The van der Waals surface area contributed by atoms with Gasteiger partial charge in [0, 0.05) is 33.3 Å². The summed E-state index contributed by atoms with van der Waals surface area (Å²) in [7, 11) is 0. The van der Waals surface area contributed by atoms with Gasteiger partial charge in [-0.05, 0) is 73.3 Å². The third kappa shape index (κ3) is 4.53. The maximum atomic E-state index is 13.6. The number of nitrogens with zero attached hydrogens (tertiary/aromatic N) is 1. The van der Waals surface area contributed by atoms with Gasteiger partial charge in [-0.1, -0.05) is 41.9 Å². The van der Waals surface area contributed by atoms with Crippen LogP contribution in [-0.4, -0.2) is 22.4 Å². The van der Waals surface area contributed by atoms with E-state index in [0.29, 0.717) is 39.7 Å². The molecule has 0 atom stereocenters. The number of rotatable bonds is 6. The molecule has 0 aliphatic carbocycles. The average molecular weight is 495 g/mol. The summed E-state index contributed by atoms with van der Waals surface area (Å²) in [6.45, 7) is 4.27. The Bertz CT molecular complexity index is 1710. The second-order valence-electron chi connectivity index (χ2n) is 8.41. The molecule has 0 fully saturated rings. The first-order chi connectivity index (χ1) is 17.4. The lowest BCUT2D eigenvalue weighted by atomic mass is 9.92. The van der Waals surface area contributed by atoms with Gasteiger partial charge < -0.3 is 9.72 Å². The van der Waals surface area contributed by atoms with Crippen molar-refractivity contribution in [3.05, 3.63) is 111 Å². The first-order valence-electron chi connectivity index (χ1n) is 11.6. The van der Waals surface area contributed by atoms with Crippen LogP contribution >= 0.6 is 11.6 Å². The van der Waals surface area contributed by atoms with Crippen LogP contribution in [0, 0.1) is 6.92 Å². The largest absolute Gasteiger partial charge is 0.494 e. The molecule has 0 bridgehead atoms. The van der Waals surface area contributed by atoms with Crippen molar-refractivity contribution in [1.29, 1.82) is 0 Å². The number of ketones is 1. The second kappa shape index (κ2) is 9.80. The Morgan fingerprint density at radius 1 is 1.06 bits per heavy atom. The molecule has 0 saturated carbocycles. The highest BCUT2D eigenvalue weighted by Crippen LogP contribution is 2.35. The molecular formula is C30H23ClN2O3. The van der Waals surface area contributed by atoms with Gasteiger partial charge in [0.25, 0.3) is 5.56 Å². The molecule has 178 valence electrons. The van der Waals surface area contributed by atoms with Crippen LogP contribution in [0.5, 0.6) is 5.75 Å². The Kier molecular flexibility index (Phi) is 6.40. The summed E-state index contributed by atoms with van der Waals surface area (Å²) in [6, 6.07) is 22.5. The van der Waals surface area contributed by atoms with Crippen LogP contribution in [0.2, 0.25) is 5.02 Å². The first-order valence-corrected chi connectivity index (χ1v) is 12.0. The number of halogens is 1. The smallest absolute Gasteiger partial charge is 0.255 e. The van der Waals surface area contributed by atoms with Crippen molar-refractivity contribution in [2.24, 2.45) is 0 Å². The quantitative estimate of drug-likeness (QED) is 0.204. The van der Waals surface area contributed by atoms with Crippen LogP contribution in [0.4, 0.5) is 0 Å². The summed E-state index contributed by atoms with van der Waals surface area (Å²) in [4.78, 5) is 33.8. The van der Waals surface area contributed by atoms with E-state index in [9.17, 15) is 9.59 Å². The first kappa shape index (κ1) is 23.5. The Morgan fingerprint density at radius 2 is 1.86 bits per heavy atom. The van der Waals surface area contributed by atoms with Crippen molar-refractivity contribution in [3.8, 4) is 16.9 Å². The van der Waals surface area contributed by atoms with E-state index in [-0.39, 0.29) is 11.3 Å². The van der Waals surface area contributed by atoms with Crippen molar-refractivity contribution in [3.63, 3.8) is 0 Å². The number of aromatic amines is 1. The van der Waals surface area contributed by atoms with Crippen LogP contribution in [0.1, 0.15) is 28.5 Å². The lowest BCUT2D eigenvalue weighted by molar-refractivity contribution is 0.104. The Labute approximate surface area is 213 Å². The van der Waals surface area contributed by atoms with Crippen molar-refractivity contribution >= 4 is 45.3 Å². The molecule has 3 aromatic carbocycles. The zero-order valence-electron chi connectivity index (χ0n) is 19.8. The molecule has 5 aromatic rings. The molecule has 0 spiro atoms. The zero-order chi connectivity index (χ0) is 25.2. The van der Waals surface area contributed by atoms with Gasteiger partial charge >= 0.3 is 0 Å². The van der Waals surface area contributed by atoms with Crippen LogP contribution < -0.4 is 10.3 Å². The van der Waals surface area contributed by atoms with Gasteiger partial charge in [0.2, 0.25) is 0 Å². The fourth-order valence-corrected chi connectivity index (χ4v) is 4.56. The maximum absolute atomic E-state index is 13.6. The van der Waals surface area contributed by atoms with E-state index in [1.54, 1.807) is 24.3 Å². The van der Waals surface area contributed by atoms with Gasteiger partial charge in [-0.25, -0.2) is 0 Å². The Morgan fingerprint density at radius 3 is 2.64 bits per heavy atom. The second-order valence-corrected chi connectivity index (χ2v) is 8.84. The van der Waals surface area contributed by atoms with E-state index < -0.39 is 0 Å². The van der Waals surface area contributed by atoms with E-state index in [2.05, 4.69) is 9.97 Å². The highest BCUT2D eigenvalue weighted by Gasteiger charge is 2.19. The van der Waals surface area contributed by atoms with Crippen molar-refractivity contribution in [2.45, 2.75) is 13.8 Å². The number of hydrogen-bond acceptors (Lipinski definition) is 4. The monoisotopic (exact) mass is 494 g/mol. The minimum atomic E-state index is -0.288. The summed E-state index contributed by atoms with van der Waals surface area (Å²) in [5.74, 6) is 0.443. The summed E-state index contributed by atoms with van der Waals surface area (Å²) in [5.41, 5.74) is 4.27.